The van der Waals surface area contributed by atoms with Crippen molar-refractivity contribution in [2.75, 3.05) is 13.1 Å². The number of piperidine rings is 1. The minimum absolute atomic E-state index is 0.114. The minimum Gasteiger partial charge on any atom is -0.353 e. The SMILES string of the molecule is Cn1cnnc1-c1cc(F)ccc1-c1ccnc(-n2cc(C3CC3)c3cc(CN4CCCCC4)[nH]c3c2=O)c1. The van der Waals surface area contributed by atoms with Gasteiger partial charge in [0.1, 0.15) is 23.5 Å². The van der Waals surface area contributed by atoms with Crippen LogP contribution in [0.3, 0.4) is 0 Å². The molecule has 7 rings (SSSR count). The van der Waals surface area contributed by atoms with Gasteiger partial charge in [0, 0.05) is 42.6 Å². The Morgan fingerprint density at radius 2 is 1.90 bits per heavy atom. The van der Waals surface area contributed by atoms with Crippen molar-refractivity contribution in [3.63, 3.8) is 0 Å². The van der Waals surface area contributed by atoms with E-state index < -0.39 is 0 Å². The molecule has 0 spiro atoms. The lowest BCUT2D eigenvalue weighted by Gasteiger charge is -2.25. The number of benzene rings is 1. The highest BCUT2D eigenvalue weighted by atomic mass is 19.1. The van der Waals surface area contributed by atoms with Crippen LogP contribution < -0.4 is 5.56 Å². The molecule has 1 N–H and O–H groups in total. The Balaban J connectivity index is 1.32. The van der Waals surface area contributed by atoms with Crippen molar-refractivity contribution in [3.8, 4) is 28.3 Å². The molecule has 0 bridgehead atoms. The van der Waals surface area contributed by atoms with Gasteiger partial charge in [-0.05, 0) is 91.7 Å². The van der Waals surface area contributed by atoms with E-state index >= 15 is 0 Å². The summed E-state index contributed by atoms with van der Waals surface area (Å²) < 4.78 is 17.7. The molecular formula is C30H30FN7O. The maximum absolute atomic E-state index is 14.3. The third-order valence-electron chi connectivity index (χ3n) is 7.98. The lowest BCUT2D eigenvalue weighted by molar-refractivity contribution is 0.219. The standard InChI is InChI=1S/C30H30FN7O/c1-36-18-33-35-29(36)25-14-21(31)7-8-23(25)20-9-10-32-27(13-20)38-17-26(19-5-6-19)24-15-22(34-28(24)30(38)39)16-37-11-3-2-4-12-37/h7-10,13-15,17-19,34H,2-6,11-12,16H2,1H3. The van der Waals surface area contributed by atoms with Crippen molar-refractivity contribution in [1.29, 1.82) is 0 Å². The molecular weight excluding hydrogens is 493 g/mol. The van der Waals surface area contributed by atoms with Crippen molar-refractivity contribution in [1.82, 2.24) is 34.2 Å². The number of aryl methyl sites for hydroxylation is 1. The fourth-order valence-electron chi connectivity index (χ4n) is 5.83. The molecule has 4 aromatic heterocycles. The van der Waals surface area contributed by atoms with Gasteiger partial charge in [-0.1, -0.05) is 12.5 Å². The highest BCUT2D eigenvalue weighted by Crippen LogP contribution is 2.43. The number of nitrogens with one attached hydrogen (secondary N) is 1. The molecule has 5 heterocycles. The summed E-state index contributed by atoms with van der Waals surface area (Å²) in [6.45, 7) is 3.04. The largest absolute Gasteiger partial charge is 0.353 e. The Kier molecular flexibility index (Phi) is 5.88. The fraction of sp³-hybridized carbons (Fsp3) is 0.333. The van der Waals surface area contributed by atoms with Gasteiger partial charge in [-0.3, -0.25) is 14.3 Å². The van der Waals surface area contributed by atoms with E-state index in [2.05, 4.69) is 31.1 Å². The van der Waals surface area contributed by atoms with Crippen LogP contribution in [-0.2, 0) is 13.6 Å². The molecule has 39 heavy (non-hydrogen) atoms. The fourth-order valence-corrected chi connectivity index (χ4v) is 5.83. The summed E-state index contributed by atoms with van der Waals surface area (Å²) in [5, 5.41) is 9.19. The molecule has 0 radical (unpaired) electrons. The maximum atomic E-state index is 14.3. The normalized spacial score (nSPS) is 16.3. The summed E-state index contributed by atoms with van der Waals surface area (Å²) >= 11 is 0. The van der Waals surface area contributed by atoms with E-state index in [0.717, 1.165) is 54.7 Å². The number of fused-ring (bicyclic) bond motifs is 1. The van der Waals surface area contributed by atoms with Crippen molar-refractivity contribution in [2.24, 2.45) is 7.05 Å². The summed E-state index contributed by atoms with van der Waals surface area (Å²) in [6, 6.07) is 10.6. The second kappa shape index (κ2) is 9.57. The molecule has 5 aromatic rings. The van der Waals surface area contributed by atoms with E-state index in [1.807, 2.05) is 25.4 Å². The molecule has 2 aliphatic rings. The summed E-state index contributed by atoms with van der Waals surface area (Å²) in [5.41, 5.74) is 5.04. The zero-order valence-corrected chi connectivity index (χ0v) is 21.9. The summed E-state index contributed by atoms with van der Waals surface area (Å²) in [4.78, 5) is 24.3. The number of halogens is 1. The number of H-pyrrole nitrogens is 1. The topological polar surface area (TPSA) is 84.6 Å². The molecule has 0 atom stereocenters. The third kappa shape index (κ3) is 4.46. The predicted molar refractivity (Wildman–Crippen MR) is 148 cm³/mol. The van der Waals surface area contributed by atoms with Crippen molar-refractivity contribution >= 4 is 10.9 Å². The second-order valence-electron chi connectivity index (χ2n) is 10.8. The molecule has 1 aliphatic carbocycles. The average Bonchev–Trinajstić information content (AvgIpc) is 3.56. The van der Waals surface area contributed by atoms with Crippen LogP contribution in [0.2, 0.25) is 0 Å². The number of nitrogens with zero attached hydrogens (tertiary/aromatic N) is 6. The molecule has 198 valence electrons. The number of likely N-dealkylation sites (tertiary alicyclic amines) is 1. The monoisotopic (exact) mass is 523 g/mol. The Bertz CT molecular complexity index is 1740. The first-order valence-electron chi connectivity index (χ1n) is 13.7. The Labute approximate surface area is 225 Å². The van der Waals surface area contributed by atoms with Gasteiger partial charge in [0.15, 0.2) is 5.82 Å². The summed E-state index contributed by atoms with van der Waals surface area (Å²) in [7, 11) is 1.83. The molecule has 1 saturated carbocycles. The van der Waals surface area contributed by atoms with Crippen LogP contribution in [-0.4, -0.2) is 47.3 Å². The van der Waals surface area contributed by atoms with Gasteiger partial charge < -0.3 is 9.55 Å². The van der Waals surface area contributed by atoms with E-state index in [4.69, 9.17) is 0 Å². The first-order chi connectivity index (χ1) is 19.0. The van der Waals surface area contributed by atoms with E-state index in [0.29, 0.717) is 28.6 Å². The molecule has 1 aromatic carbocycles. The molecule has 2 fully saturated rings. The minimum atomic E-state index is -0.353. The number of hydrogen-bond acceptors (Lipinski definition) is 5. The highest BCUT2D eigenvalue weighted by molar-refractivity contribution is 5.85. The quantitative estimate of drug-likeness (QED) is 0.332. The van der Waals surface area contributed by atoms with Crippen LogP contribution in [0.1, 0.15) is 49.3 Å². The van der Waals surface area contributed by atoms with Crippen LogP contribution in [0.25, 0.3) is 39.2 Å². The molecule has 0 unspecified atom stereocenters. The number of pyridine rings is 2. The van der Waals surface area contributed by atoms with Crippen LogP contribution >= 0.6 is 0 Å². The van der Waals surface area contributed by atoms with Gasteiger partial charge in [0.25, 0.3) is 5.56 Å². The Morgan fingerprint density at radius 3 is 2.67 bits per heavy atom. The lowest BCUT2D eigenvalue weighted by Crippen LogP contribution is -2.29. The van der Waals surface area contributed by atoms with Crippen molar-refractivity contribution in [3.05, 3.63) is 82.5 Å². The summed E-state index contributed by atoms with van der Waals surface area (Å²) in [5.74, 6) is 1.20. The smallest absolute Gasteiger partial charge is 0.280 e. The molecule has 1 aliphatic heterocycles. The first-order valence-corrected chi connectivity index (χ1v) is 13.7. The second-order valence-corrected chi connectivity index (χ2v) is 10.8. The van der Waals surface area contributed by atoms with Crippen molar-refractivity contribution in [2.45, 2.75) is 44.6 Å². The van der Waals surface area contributed by atoms with E-state index in [9.17, 15) is 9.18 Å². The van der Waals surface area contributed by atoms with Gasteiger partial charge >= 0.3 is 0 Å². The molecule has 8 nitrogen and oxygen atoms in total. The Hall–Kier alpha value is -4.11. The summed E-state index contributed by atoms with van der Waals surface area (Å²) in [6.07, 6.45) is 11.3. The average molecular weight is 524 g/mol. The van der Waals surface area contributed by atoms with Gasteiger partial charge in [-0.2, -0.15) is 0 Å². The number of aromatic amines is 1. The van der Waals surface area contributed by atoms with Crippen LogP contribution in [0, 0.1) is 5.82 Å². The van der Waals surface area contributed by atoms with Gasteiger partial charge in [-0.25, -0.2) is 9.37 Å². The van der Waals surface area contributed by atoms with Gasteiger partial charge in [0.2, 0.25) is 0 Å². The predicted octanol–water partition coefficient (Wildman–Crippen LogP) is 5.18. The Morgan fingerprint density at radius 1 is 1.05 bits per heavy atom. The van der Waals surface area contributed by atoms with E-state index in [-0.39, 0.29) is 11.4 Å². The van der Waals surface area contributed by atoms with Crippen LogP contribution in [0.15, 0.2) is 59.9 Å². The first kappa shape index (κ1) is 24.0. The number of hydrogen-bond donors (Lipinski definition) is 1. The van der Waals surface area contributed by atoms with Crippen molar-refractivity contribution < 1.29 is 4.39 Å². The van der Waals surface area contributed by atoms with Gasteiger partial charge in [-0.15, -0.1) is 10.2 Å². The lowest BCUT2D eigenvalue weighted by atomic mass is 9.99. The zero-order chi connectivity index (χ0) is 26.5. The molecule has 1 saturated heterocycles. The molecule has 9 heteroatoms. The van der Waals surface area contributed by atoms with E-state index in [1.165, 1.54) is 37.0 Å². The van der Waals surface area contributed by atoms with Crippen LogP contribution in [0.5, 0.6) is 0 Å². The number of aromatic nitrogens is 6. The third-order valence-corrected chi connectivity index (χ3v) is 7.98. The number of rotatable bonds is 6. The van der Waals surface area contributed by atoms with Crippen LogP contribution in [0.4, 0.5) is 4.39 Å². The maximum Gasteiger partial charge on any atom is 0.280 e. The highest BCUT2D eigenvalue weighted by Gasteiger charge is 2.28. The van der Waals surface area contributed by atoms with Gasteiger partial charge in [0.05, 0.1) is 0 Å². The zero-order valence-electron chi connectivity index (χ0n) is 21.9. The van der Waals surface area contributed by atoms with E-state index in [1.54, 1.807) is 27.7 Å². The molecule has 0 amide bonds.